The number of aryl methyl sites for hydroxylation is 3. The van der Waals surface area contributed by atoms with E-state index in [1.807, 2.05) is 67.8 Å². The van der Waals surface area contributed by atoms with Crippen LogP contribution in [0, 0.1) is 20.8 Å². The Morgan fingerprint density at radius 1 is 1.14 bits per heavy atom. The molecule has 0 radical (unpaired) electrons. The number of allylic oxidation sites excluding steroid dienone is 1. The van der Waals surface area contributed by atoms with Crippen molar-refractivity contribution in [3.8, 4) is 0 Å². The standard InChI is InChI=1S/C22H24N4OS/c1-5-11-26-17(4)24-25-22(26)28-20(18-9-7-6-8-10-18)21(27)23-19-13-15(2)12-16(3)14-19/h5-10,12-14,20H,1,11H2,2-4H3,(H,23,27). The van der Waals surface area contributed by atoms with Gasteiger partial charge in [0.1, 0.15) is 11.1 Å². The molecule has 3 rings (SSSR count). The van der Waals surface area contributed by atoms with Gasteiger partial charge in [-0.05, 0) is 49.6 Å². The third kappa shape index (κ3) is 4.70. The van der Waals surface area contributed by atoms with Crippen molar-refractivity contribution < 1.29 is 4.79 Å². The molecule has 6 heteroatoms. The van der Waals surface area contributed by atoms with E-state index < -0.39 is 5.25 Å². The smallest absolute Gasteiger partial charge is 0.242 e. The highest BCUT2D eigenvalue weighted by molar-refractivity contribution is 8.00. The fraction of sp³-hybridized carbons (Fsp3) is 0.227. The third-order valence-electron chi connectivity index (χ3n) is 4.27. The second kappa shape index (κ2) is 8.89. The molecule has 0 aliphatic rings. The number of thioether (sulfide) groups is 1. The number of carbonyl (C=O) groups is 1. The molecule has 144 valence electrons. The maximum absolute atomic E-state index is 13.2. The van der Waals surface area contributed by atoms with E-state index in [4.69, 9.17) is 0 Å². The molecular formula is C22H24N4OS. The molecule has 2 aromatic carbocycles. The molecule has 1 unspecified atom stereocenters. The molecule has 5 nitrogen and oxygen atoms in total. The van der Waals surface area contributed by atoms with Crippen molar-refractivity contribution in [3.05, 3.63) is 83.7 Å². The summed E-state index contributed by atoms with van der Waals surface area (Å²) >= 11 is 1.39. The highest BCUT2D eigenvalue weighted by atomic mass is 32.2. The van der Waals surface area contributed by atoms with Gasteiger partial charge in [-0.25, -0.2) is 0 Å². The predicted molar refractivity (Wildman–Crippen MR) is 115 cm³/mol. The van der Waals surface area contributed by atoms with E-state index in [2.05, 4.69) is 28.2 Å². The number of rotatable bonds is 7. The summed E-state index contributed by atoms with van der Waals surface area (Å²) < 4.78 is 1.96. The first-order chi connectivity index (χ1) is 13.5. The largest absolute Gasteiger partial charge is 0.325 e. The molecule has 0 spiro atoms. The van der Waals surface area contributed by atoms with Crippen LogP contribution in [0.25, 0.3) is 0 Å². The van der Waals surface area contributed by atoms with E-state index in [-0.39, 0.29) is 5.91 Å². The summed E-state index contributed by atoms with van der Waals surface area (Å²) in [4.78, 5) is 13.2. The van der Waals surface area contributed by atoms with Crippen molar-refractivity contribution in [2.75, 3.05) is 5.32 Å². The average Bonchev–Trinajstić information content (AvgIpc) is 2.99. The molecule has 1 aromatic heterocycles. The number of hydrogen-bond donors (Lipinski definition) is 1. The van der Waals surface area contributed by atoms with E-state index in [9.17, 15) is 4.79 Å². The first-order valence-electron chi connectivity index (χ1n) is 9.09. The van der Waals surface area contributed by atoms with Crippen molar-refractivity contribution in [3.63, 3.8) is 0 Å². The molecule has 3 aromatic rings. The van der Waals surface area contributed by atoms with Gasteiger partial charge < -0.3 is 9.88 Å². The van der Waals surface area contributed by atoms with E-state index in [1.165, 1.54) is 11.8 Å². The van der Waals surface area contributed by atoms with Crippen LogP contribution in [0.1, 0.15) is 27.8 Å². The first-order valence-corrected chi connectivity index (χ1v) is 9.97. The molecule has 1 N–H and O–H groups in total. The maximum Gasteiger partial charge on any atom is 0.242 e. The normalized spacial score (nSPS) is 11.8. The molecule has 1 heterocycles. The third-order valence-corrected chi connectivity index (χ3v) is 5.50. The minimum atomic E-state index is -0.450. The molecule has 0 fully saturated rings. The number of carbonyl (C=O) groups excluding carboxylic acids is 1. The zero-order valence-electron chi connectivity index (χ0n) is 16.3. The van der Waals surface area contributed by atoms with Gasteiger partial charge in [-0.1, -0.05) is 54.2 Å². The second-order valence-electron chi connectivity index (χ2n) is 6.70. The van der Waals surface area contributed by atoms with Crippen LogP contribution in [-0.4, -0.2) is 20.7 Å². The van der Waals surface area contributed by atoms with E-state index in [0.29, 0.717) is 11.7 Å². The zero-order chi connectivity index (χ0) is 20.1. The minimum Gasteiger partial charge on any atom is -0.325 e. The van der Waals surface area contributed by atoms with Crippen LogP contribution in [0.5, 0.6) is 0 Å². The summed E-state index contributed by atoms with van der Waals surface area (Å²) in [5, 5.41) is 11.7. The molecule has 1 atom stereocenters. The monoisotopic (exact) mass is 392 g/mol. The number of hydrogen-bond acceptors (Lipinski definition) is 4. The molecule has 0 saturated carbocycles. The lowest BCUT2D eigenvalue weighted by Gasteiger charge is -2.17. The molecule has 1 amide bonds. The lowest BCUT2D eigenvalue weighted by molar-refractivity contribution is -0.115. The number of aromatic nitrogens is 3. The van der Waals surface area contributed by atoms with Crippen LogP contribution in [0.4, 0.5) is 5.69 Å². The topological polar surface area (TPSA) is 59.8 Å². The van der Waals surface area contributed by atoms with Gasteiger partial charge >= 0.3 is 0 Å². The molecular weight excluding hydrogens is 368 g/mol. The number of amides is 1. The number of anilines is 1. The fourth-order valence-corrected chi connectivity index (χ4v) is 4.14. The Hall–Kier alpha value is -2.86. The van der Waals surface area contributed by atoms with Gasteiger partial charge in [0.25, 0.3) is 0 Å². The Morgan fingerprint density at radius 2 is 1.82 bits per heavy atom. The number of benzene rings is 2. The van der Waals surface area contributed by atoms with E-state index in [0.717, 1.165) is 28.2 Å². The number of nitrogens with one attached hydrogen (secondary N) is 1. The quantitative estimate of drug-likeness (QED) is 0.461. The Kier molecular flexibility index (Phi) is 6.31. The van der Waals surface area contributed by atoms with Crippen molar-refractivity contribution in [1.29, 1.82) is 0 Å². The van der Waals surface area contributed by atoms with Crippen LogP contribution in [-0.2, 0) is 11.3 Å². The first kappa shape index (κ1) is 19.9. The lowest BCUT2D eigenvalue weighted by atomic mass is 10.1. The fourth-order valence-electron chi connectivity index (χ4n) is 3.05. The van der Waals surface area contributed by atoms with Crippen molar-refractivity contribution in [2.24, 2.45) is 0 Å². The number of nitrogens with zero attached hydrogens (tertiary/aromatic N) is 3. The van der Waals surface area contributed by atoms with Crippen LogP contribution in [0.2, 0.25) is 0 Å². The zero-order valence-corrected chi connectivity index (χ0v) is 17.2. The van der Waals surface area contributed by atoms with E-state index >= 15 is 0 Å². The van der Waals surface area contributed by atoms with Crippen molar-refractivity contribution >= 4 is 23.4 Å². The molecule has 28 heavy (non-hydrogen) atoms. The summed E-state index contributed by atoms with van der Waals surface area (Å²) in [6, 6.07) is 15.8. The van der Waals surface area contributed by atoms with Gasteiger partial charge in [0.05, 0.1) is 0 Å². The summed E-state index contributed by atoms with van der Waals surface area (Å²) in [7, 11) is 0. The summed E-state index contributed by atoms with van der Waals surface area (Å²) in [6.45, 7) is 10.3. The van der Waals surface area contributed by atoms with Gasteiger partial charge in [0.15, 0.2) is 5.16 Å². The predicted octanol–water partition coefficient (Wildman–Crippen LogP) is 4.86. The molecule has 0 aliphatic heterocycles. The summed E-state index contributed by atoms with van der Waals surface area (Å²) in [6.07, 6.45) is 1.80. The van der Waals surface area contributed by atoms with Gasteiger partial charge in [-0.15, -0.1) is 16.8 Å². The van der Waals surface area contributed by atoms with Gasteiger partial charge in [-0.3, -0.25) is 4.79 Å². The van der Waals surface area contributed by atoms with Crippen LogP contribution < -0.4 is 5.32 Å². The Bertz CT molecular complexity index is 961. The average molecular weight is 393 g/mol. The van der Waals surface area contributed by atoms with Crippen molar-refractivity contribution in [2.45, 2.75) is 37.7 Å². The Labute approximate surface area is 169 Å². The summed E-state index contributed by atoms with van der Waals surface area (Å²) in [5.74, 6) is 0.705. The molecule has 0 bridgehead atoms. The van der Waals surface area contributed by atoms with Gasteiger partial charge in [0, 0.05) is 12.2 Å². The Balaban J connectivity index is 1.91. The molecule has 0 saturated heterocycles. The van der Waals surface area contributed by atoms with Crippen LogP contribution in [0.15, 0.2) is 66.3 Å². The van der Waals surface area contributed by atoms with Gasteiger partial charge in [-0.2, -0.15) is 0 Å². The SMILES string of the molecule is C=CCn1c(C)nnc1SC(C(=O)Nc1cc(C)cc(C)c1)c1ccccc1. The highest BCUT2D eigenvalue weighted by Gasteiger charge is 2.25. The highest BCUT2D eigenvalue weighted by Crippen LogP contribution is 2.35. The van der Waals surface area contributed by atoms with Crippen LogP contribution in [0.3, 0.4) is 0 Å². The van der Waals surface area contributed by atoms with Crippen LogP contribution >= 0.6 is 11.8 Å². The molecule has 0 aliphatic carbocycles. The lowest BCUT2D eigenvalue weighted by Crippen LogP contribution is -2.19. The van der Waals surface area contributed by atoms with Crippen molar-refractivity contribution in [1.82, 2.24) is 14.8 Å². The second-order valence-corrected chi connectivity index (χ2v) is 7.78. The Morgan fingerprint density at radius 3 is 2.46 bits per heavy atom. The maximum atomic E-state index is 13.2. The van der Waals surface area contributed by atoms with E-state index in [1.54, 1.807) is 6.08 Å². The summed E-state index contributed by atoms with van der Waals surface area (Å²) in [5.41, 5.74) is 3.94. The van der Waals surface area contributed by atoms with Gasteiger partial charge in [0.2, 0.25) is 5.91 Å². The minimum absolute atomic E-state index is 0.0907.